The van der Waals surface area contributed by atoms with Crippen LogP contribution in [0.4, 0.5) is 9.18 Å². The van der Waals surface area contributed by atoms with Gasteiger partial charge < -0.3 is 16.0 Å². The highest BCUT2D eigenvalue weighted by molar-refractivity contribution is 6.09. The van der Waals surface area contributed by atoms with E-state index in [0.717, 1.165) is 4.90 Å². The molecule has 0 aromatic heterocycles. The molecule has 0 bridgehead atoms. The molecule has 0 saturated carbocycles. The molecule has 3 N–H and O–H groups in total. The van der Waals surface area contributed by atoms with Crippen LogP contribution in [0.15, 0.2) is 24.3 Å². The molecule has 1 aromatic rings. The predicted octanol–water partition coefficient (Wildman–Crippen LogP) is 0.624. The molecule has 146 valence electrons. The van der Waals surface area contributed by atoms with Gasteiger partial charge in [-0.05, 0) is 38.0 Å². The van der Waals surface area contributed by atoms with Crippen LogP contribution >= 0.6 is 0 Å². The van der Waals surface area contributed by atoms with E-state index < -0.39 is 41.8 Å². The van der Waals surface area contributed by atoms with E-state index in [1.54, 1.807) is 13.8 Å². The van der Waals surface area contributed by atoms with Crippen molar-refractivity contribution in [2.45, 2.75) is 38.8 Å². The van der Waals surface area contributed by atoms with Crippen molar-refractivity contribution in [3.05, 3.63) is 35.6 Å². The molecule has 2 atom stereocenters. The number of halogens is 1. The van der Waals surface area contributed by atoms with Gasteiger partial charge in [0.15, 0.2) is 0 Å². The van der Waals surface area contributed by atoms with Crippen LogP contribution in [0.3, 0.4) is 0 Å². The summed E-state index contributed by atoms with van der Waals surface area (Å²) in [6.07, 6.45) is 0.233. The third-order valence-electron chi connectivity index (χ3n) is 4.47. The van der Waals surface area contributed by atoms with Crippen LogP contribution in [-0.2, 0) is 19.9 Å². The first-order valence-corrected chi connectivity index (χ1v) is 8.72. The fourth-order valence-corrected chi connectivity index (χ4v) is 2.97. The van der Waals surface area contributed by atoms with Gasteiger partial charge in [0.05, 0.1) is 0 Å². The van der Waals surface area contributed by atoms with Crippen LogP contribution in [0.25, 0.3) is 0 Å². The van der Waals surface area contributed by atoms with Crippen LogP contribution in [0.2, 0.25) is 0 Å². The molecular formula is C18H23FN4O4. The summed E-state index contributed by atoms with van der Waals surface area (Å²) < 4.78 is 13.2. The zero-order valence-electron chi connectivity index (χ0n) is 15.5. The largest absolute Gasteiger partial charge is 0.355 e. The van der Waals surface area contributed by atoms with Crippen molar-refractivity contribution >= 4 is 23.8 Å². The van der Waals surface area contributed by atoms with E-state index in [1.165, 1.54) is 31.2 Å². The van der Waals surface area contributed by atoms with Crippen molar-refractivity contribution in [2.75, 3.05) is 13.1 Å². The number of hydrogen-bond acceptors (Lipinski definition) is 4. The Balaban J connectivity index is 2.14. The molecule has 0 spiro atoms. The highest BCUT2D eigenvalue weighted by Gasteiger charge is 2.51. The molecular weight excluding hydrogens is 355 g/mol. The Bertz CT molecular complexity index is 752. The molecule has 1 saturated heterocycles. The average Bonchev–Trinajstić information content (AvgIpc) is 2.87. The number of urea groups is 1. The number of nitrogens with zero attached hydrogens (tertiary/aromatic N) is 1. The first-order chi connectivity index (χ1) is 12.7. The van der Waals surface area contributed by atoms with Crippen LogP contribution in [0, 0.1) is 5.82 Å². The van der Waals surface area contributed by atoms with Gasteiger partial charge in [0.2, 0.25) is 11.8 Å². The number of nitrogens with one attached hydrogen (secondary N) is 3. The van der Waals surface area contributed by atoms with Gasteiger partial charge in [0, 0.05) is 6.54 Å². The van der Waals surface area contributed by atoms with Gasteiger partial charge in [0.1, 0.15) is 23.9 Å². The van der Waals surface area contributed by atoms with Crippen molar-refractivity contribution in [3.63, 3.8) is 0 Å². The van der Waals surface area contributed by atoms with Gasteiger partial charge in [-0.2, -0.15) is 0 Å². The normalized spacial score (nSPS) is 20.2. The van der Waals surface area contributed by atoms with Gasteiger partial charge in [-0.3, -0.25) is 19.3 Å². The highest BCUT2D eigenvalue weighted by Crippen LogP contribution is 2.32. The Morgan fingerprint density at radius 2 is 1.85 bits per heavy atom. The lowest BCUT2D eigenvalue weighted by molar-refractivity contribution is -0.136. The van der Waals surface area contributed by atoms with Crippen LogP contribution < -0.4 is 16.0 Å². The smallest absolute Gasteiger partial charge is 0.325 e. The molecule has 0 radical (unpaired) electrons. The second kappa shape index (κ2) is 8.15. The first kappa shape index (κ1) is 20.3. The Labute approximate surface area is 156 Å². The van der Waals surface area contributed by atoms with Crippen LogP contribution in [-0.4, -0.2) is 47.8 Å². The number of carbonyl (C=O) groups excluding carboxylic acids is 4. The third kappa shape index (κ3) is 4.07. The predicted molar refractivity (Wildman–Crippen MR) is 94.9 cm³/mol. The summed E-state index contributed by atoms with van der Waals surface area (Å²) in [5, 5.41) is 7.63. The second-order valence-corrected chi connectivity index (χ2v) is 6.27. The summed E-state index contributed by atoms with van der Waals surface area (Å²) in [7, 11) is 0. The number of amides is 5. The summed E-state index contributed by atoms with van der Waals surface area (Å²) in [5.41, 5.74) is -0.917. The SMILES string of the molecule is CCNC(=O)[C@@H](C)NC(=O)CN1C(=O)N[C@@](CC)(c2ccc(F)cc2)C1=O. The molecule has 0 unspecified atom stereocenters. The van der Waals surface area contributed by atoms with Crippen LogP contribution in [0.1, 0.15) is 32.8 Å². The average molecular weight is 378 g/mol. The fraction of sp³-hybridized carbons (Fsp3) is 0.444. The van der Waals surface area contributed by atoms with E-state index in [1.807, 2.05) is 0 Å². The second-order valence-electron chi connectivity index (χ2n) is 6.27. The molecule has 1 aromatic carbocycles. The zero-order chi connectivity index (χ0) is 20.2. The number of imide groups is 1. The maximum Gasteiger partial charge on any atom is 0.325 e. The molecule has 1 aliphatic heterocycles. The van der Waals surface area contributed by atoms with E-state index in [-0.39, 0.29) is 12.3 Å². The zero-order valence-corrected chi connectivity index (χ0v) is 15.5. The van der Waals surface area contributed by atoms with Crippen LogP contribution in [0.5, 0.6) is 0 Å². The third-order valence-corrected chi connectivity index (χ3v) is 4.47. The molecule has 8 nitrogen and oxygen atoms in total. The van der Waals surface area contributed by atoms with Crippen molar-refractivity contribution in [1.82, 2.24) is 20.9 Å². The Morgan fingerprint density at radius 3 is 2.41 bits per heavy atom. The lowest BCUT2D eigenvalue weighted by Gasteiger charge is -2.25. The van der Waals surface area contributed by atoms with Crippen molar-refractivity contribution in [3.8, 4) is 0 Å². The lowest BCUT2D eigenvalue weighted by atomic mass is 9.87. The molecule has 2 rings (SSSR count). The summed E-state index contributed by atoms with van der Waals surface area (Å²) in [5.74, 6) is -2.06. The number of rotatable bonds is 7. The van der Waals surface area contributed by atoms with Gasteiger partial charge in [0.25, 0.3) is 5.91 Å². The van der Waals surface area contributed by atoms with E-state index in [9.17, 15) is 23.6 Å². The first-order valence-electron chi connectivity index (χ1n) is 8.72. The molecule has 1 aliphatic rings. The molecule has 9 heteroatoms. The Morgan fingerprint density at radius 1 is 1.22 bits per heavy atom. The van der Waals surface area contributed by atoms with E-state index >= 15 is 0 Å². The quantitative estimate of drug-likeness (QED) is 0.605. The van der Waals surface area contributed by atoms with E-state index in [2.05, 4.69) is 16.0 Å². The monoisotopic (exact) mass is 378 g/mol. The van der Waals surface area contributed by atoms with Gasteiger partial charge >= 0.3 is 6.03 Å². The summed E-state index contributed by atoms with van der Waals surface area (Å²) in [6.45, 7) is 4.87. The molecule has 1 heterocycles. The maximum atomic E-state index is 13.2. The van der Waals surface area contributed by atoms with E-state index in [4.69, 9.17) is 0 Å². The van der Waals surface area contributed by atoms with Crippen molar-refractivity contribution < 1.29 is 23.6 Å². The number of hydrogen-bond donors (Lipinski definition) is 3. The van der Waals surface area contributed by atoms with Gasteiger partial charge in [-0.25, -0.2) is 9.18 Å². The summed E-state index contributed by atoms with van der Waals surface area (Å²) >= 11 is 0. The van der Waals surface area contributed by atoms with Gasteiger partial charge in [-0.15, -0.1) is 0 Å². The summed E-state index contributed by atoms with van der Waals surface area (Å²) in [4.78, 5) is 49.9. The Hall–Kier alpha value is -2.97. The van der Waals surface area contributed by atoms with Crippen molar-refractivity contribution in [2.24, 2.45) is 0 Å². The maximum absolute atomic E-state index is 13.2. The minimum Gasteiger partial charge on any atom is -0.355 e. The standard InChI is InChI=1S/C18H23FN4O4/c1-4-18(12-6-8-13(19)9-7-12)16(26)23(17(27)22-18)10-14(24)21-11(3)15(25)20-5-2/h6-9,11H,4-5,10H2,1-3H3,(H,20,25)(H,21,24)(H,22,27)/t11-,18+/m1/s1. The number of benzene rings is 1. The summed E-state index contributed by atoms with van der Waals surface area (Å²) in [6, 6.07) is 3.75. The van der Waals surface area contributed by atoms with Crippen molar-refractivity contribution in [1.29, 1.82) is 0 Å². The molecule has 5 amide bonds. The molecule has 27 heavy (non-hydrogen) atoms. The fourth-order valence-electron chi connectivity index (χ4n) is 2.97. The lowest BCUT2D eigenvalue weighted by Crippen LogP contribution is -2.49. The molecule has 0 aliphatic carbocycles. The topological polar surface area (TPSA) is 108 Å². The minimum atomic E-state index is -1.35. The highest BCUT2D eigenvalue weighted by atomic mass is 19.1. The number of likely N-dealkylation sites (N-methyl/N-ethyl adjacent to an activating group) is 1. The Kier molecular flexibility index (Phi) is 6.14. The minimum absolute atomic E-state index is 0.233. The van der Waals surface area contributed by atoms with E-state index in [0.29, 0.717) is 12.1 Å². The van der Waals surface area contributed by atoms with Gasteiger partial charge in [-0.1, -0.05) is 19.1 Å². The number of carbonyl (C=O) groups is 4. The molecule has 1 fully saturated rings.